The van der Waals surface area contributed by atoms with Crippen LogP contribution in [0, 0.1) is 6.92 Å². The SMILES string of the molecule is Cc1ccn2[nH]c(=O)c(Br)c2n1. The summed E-state index contributed by atoms with van der Waals surface area (Å²) in [7, 11) is 0. The van der Waals surface area contributed by atoms with Crippen LogP contribution in [0.4, 0.5) is 0 Å². The number of aromatic nitrogens is 3. The van der Waals surface area contributed by atoms with Gasteiger partial charge in [0.15, 0.2) is 5.65 Å². The Morgan fingerprint density at radius 3 is 3.17 bits per heavy atom. The minimum absolute atomic E-state index is 0.159. The van der Waals surface area contributed by atoms with Gasteiger partial charge in [-0.1, -0.05) is 0 Å². The van der Waals surface area contributed by atoms with Crippen molar-refractivity contribution >= 4 is 21.6 Å². The molecule has 2 rings (SSSR count). The number of halogens is 1. The normalized spacial score (nSPS) is 10.8. The second-order valence-electron chi connectivity index (χ2n) is 2.52. The summed E-state index contributed by atoms with van der Waals surface area (Å²) in [6.45, 7) is 1.88. The Morgan fingerprint density at radius 1 is 1.67 bits per heavy atom. The summed E-state index contributed by atoms with van der Waals surface area (Å²) in [6.07, 6.45) is 1.77. The molecule has 62 valence electrons. The van der Waals surface area contributed by atoms with Crippen LogP contribution in [0.5, 0.6) is 0 Å². The van der Waals surface area contributed by atoms with Gasteiger partial charge in [-0.15, -0.1) is 0 Å². The molecule has 2 heterocycles. The molecule has 0 fully saturated rings. The first-order valence-electron chi connectivity index (χ1n) is 3.42. The monoisotopic (exact) mass is 227 g/mol. The van der Waals surface area contributed by atoms with Crippen LogP contribution in [0.15, 0.2) is 21.5 Å². The number of aryl methyl sites for hydroxylation is 1. The predicted octanol–water partition coefficient (Wildman–Crippen LogP) is 1.09. The smallest absolute Gasteiger partial charge is 0.267 e. The van der Waals surface area contributed by atoms with E-state index < -0.39 is 0 Å². The molecule has 4 nitrogen and oxygen atoms in total. The molecule has 0 amide bonds. The lowest BCUT2D eigenvalue weighted by Crippen LogP contribution is -1.99. The number of nitrogens with zero attached hydrogens (tertiary/aromatic N) is 2. The van der Waals surface area contributed by atoms with Crippen LogP contribution >= 0.6 is 15.9 Å². The van der Waals surface area contributed by atoms with E-state index in [2.05, 4.69) is 26.0 Å². The summed E-state index contributed by atoms with van der Waals surface area (Å²) in [5.41, 5.74) is 1.35. The first-order valence-corrected chi connectivity index (χ1v) is 4.21. The summed E-state index contributed by atoms with van der Waals surface area (Å²) in [5, 5.41) is 2.61. The van der Waals surface area contributed by atoms with E-state index >= 15 is 0 Å². The highest BCUT2D eigenvalue weighted by Crippen LogP contribution is 2.09. The Hall–Kier alpha value is -1.10. The molecule has 0 saturated heterocycles. The zero-order chi connectivity index (χ0) is 8.72. The van der Waals surface area contributed by atoms with Gasteiger partial charge in [0.1, 0.15) is 4.47 Å². The van der Waals surface area contributed by atoms with Crippen molar-refractivity contribution in [2.24, 2.45) is 0 Å². The van der Waals surface area contributed by atoms with Gasteiger partial charge < -0.3 is 0 Å². The predicted molar refractivity (Wildman–Crippen MR) is 48.2 cm³/mol. The molecule has 0 aliphatic carbocycles. The highest BCUT2D eigenvalue weighted by atomic mass is 79.9. The molecule has 0 bridgehead atoms. The highest BCUT2D eigenvalue weighted by molar-refractivity contribution is 9.10. The second kappa shape index (κ2) is 2.45. The van der Waals surface area contributed by atoms with Gasteiger partial charge in [0.05, 0.1) is 0 Å². The minimum Gasteiger partial charge on any atom is -0.267 e. The van der Waals surface area contributed by atoms with E-state index in [0.29, 0.717) is 10.1 Å². The van der Waals surface area contributed by atoms with Crippen LogP contribution in [-0.2, 0) is 0 Å². The van der Waals surface area contributed by atoms with E-state index in [-0.39, 0.29) is 5.56 Å². The van der Waals surface area contributed by atoms with Crippen molar-refractivity contribution in [3.63, 3.8) is 0 Å². The van der Waals surface area contributed by atoms with Gasteiger partial charge in [-0.05, 0) is 28.9 Å². The topological polar surface area (TPSA) is 50.2 Å². The number of hydrogen-bond acceptors (Lipinski definition) is 2. The molecule has 12 heavy (non-hydrogen) atoms. The molecule has 2 aromatic rings. The average molecular weight is 228 g/mol. The van der Waals surface area contributed by atoms with E-state index in [1.807, 2.05) is 13.0 Å². The van der Waals surface area contributed by atoms with Gasteiger partial charge in [-0.3, -0.25) is 9.89 Å². The molecule has 0 aliphatic rings. The van der Waals surface area contributed by atoms with Crippen molar-refractivity contribution in [3.8, 4) is 0 Å². The lowest BCUT2D eigenvalue weighted by Gasteiger charge is -1.93. The van der Waals surface area contributed by atoms with Crippen LogP contribution in [0.1, 0.15) is 5.69 Å². The average Bonchev–Trinajstić information content (AvgIpc) is 2.31. The van der Waals surface area contributed by atoms with Gasteiger partial charge >= 0.3 is 0 Å². The molecule has 5 heteroatoms. The zero-order valence-corrected chi connectivity index (χ0v) is 7.92. The van der Waals surface area contributed by atoms with E-state index in [1.54, 1.807) is 10.7 Å². The third-order valence-electron chi connectivity index (χ3n) is 1.59. The quantitative estimate of drug-likeness (QED) is 0.733. The fourth-order valence-electron chi connectivity index (χ4n) is 1.02. The maximum Gasteiger partial charge on any atom is 0.281 e. The van der Waals surface area contributed by atoms with E-state index in [4.69, 9.17) is 0 Å². The number of rotatable bonds is 0. The van der Waals surface area contributed by atoms with Crippen LogP contribution in [0.25, 0.3) is 5.65 Å². The standard InChI is InChI=1S/C7H6BrN3O/c1-4-2-3-11-6(9-4)5(8)7(12)10-11/h2-3H,1H3,(H,10,12). The van der Waals surface area contributed by atoms with Crippen molar-refractivity contribution < 1.29 is 0 Å². The van der Waals surface area contributed by atoms with Gasteiger partial charge in [0.25, 0.3) is 5.56 Å². The Kier molecular flexibility index (Phi) is 1.54. The third kappa shape index (κ3) is 0.972. The van der Waals surface area contributed by atoms with Gasteiger partial charge in [0, 0.05) is 11.9 Å². The molecule has 0 radical (unpaired) electrons. The maximum absolute atomic E-state index is 11.1. The number of hydrogen-bond donors (Lipinski definition) is 1. The lowest BCUT2D eigenvalue weighted by molar-refractivity contribution is 0.912. The molecule has 2 aromatic heterocycles. The summed E-state index contributed by atoms with van der Waals surface area (Å²) in [4.78, 5) is 15.3. The van der Waals surface area contributed by atoms with Crippen molar-refractivity contribution in [1.82, 2.24) is 14.6 Å². The molecule has 0 saturated carbocycles. The van der Waals surface area contributed by atoms with Crippen molar-refractivity contribution in [2.75, 3.05) is 0 Å². The summed E-state index contributed by atoms with van der Waals surface area (Å²) in [6, 6.07) is 1.83. The van der Waals surface area contributed by atoms with Gasteiger partial charge in [-0.2, -0.15) is 0 Å². The fourth-order valence-corrected chi connectivity index (χ4v) is 1.38. The van der Waals surface area contributed by atoms with Crippen molar-refractivity contribution in [3.05, 3.63) is 32.8 Å². The Bertz CT molecular complexity index is 485. The molecule has 0 aliphatic heterocycles. The summed E-state index contributed by atoms with van der Waals surface area (Å²) in [5.74, 6) is 0. The fraction of sp³-hybridized carbons (Fsp3) is 0.143. The first-order chi connectivity index (χ1) is 5.68. The lowest BCUT2D eigenvalue weighted by atomic mass is 10.4. The molecule has 0 atom stereocenters. The highest BCUT2D eigenvalue weighted by Gasteiger charge is 2.05. The summed E-state index contributed by atoms with van der Waals surface area (Å²) >= 11 is 3.16. The third-order valence-corrected chi connectivity index (χ3v) is 2.31. The molecule has 1 N–H and O–H groups in total. The second-order valence-corrected chi connectivity index (χ2v) is 3.31. The van der Waals surface area contributed by atoms with E-state index in [9.17, 15) is 4.79 Å². The number of nitrogens with one attached hydrogen (secondary N) is 1. The van der Waals surface area contributed by atoms with Crippen LogP contribution in [0.2, 0.25) is 0 Å². The van der Waals surface area contributed by atoms with Crippen LogP contribution in [0.3, 0.4) is 0 Å². The Morgan fingerprint density at radius 2 is 2.42 bits per heavy atom. The molecule has 0 unspecified atom stereocenters. The largest absolute Gasteiger partial charge is 0.281 e. The first kappa shape index (κ1) is 7.54. The molecule has 0 aromatic carbocycles. The van der Waals surface area contributed by atoms with Crippen molar-refractivity contribution in [1.29, 1.82) is 0 Å². The van der Waals surface area contributed by atoms with E-state index in [1.165, 1.54) is 0 Å². The zero-order valence-electron chi connectivity index (χ0n) is 6.34. The van der Waals surface area contributed by atoms with Crippen LogP contribution < -0.4 is 5.56 Å². The van der Waals surface area contributed by atoms with Crippen LogP contribution in [-0.4, -0.2) is 14.6 Å². The van der Waals surface area contributed by atoms with Gasteiger partial charge in [-0.25, -0.2) is 9.50 Å². The minimum atomic E-state index is -0.159. The van der Waals surface area contributed by atoms with Crippen molar-refractivity contribution in [2.45, 2.75) is 6.92 Å². The molecular formula is C7H6BrN3O. The Labute approximate surface area is 76.4 Å². The maximum atomic E-state index is 11.1. The van der Waals surface area contributed by atoms with E-state index in [0.717, 1.165) is 5.69 Å². The number of aromatic amines is 1. The molecular weight excluding hydrogens is 222 g/mol. The molecule has 0 spiro atoms. The Balaban J connectivity index is 2.98. The summed E-state index contributed by atoms with van der Waals surface area (Å²) < 4.78 is 2.06. The number of fused-ring (bicyclic) bond motifs is 1. The van der Waals surface area contributed by atoms with Gasteiger partial charge in [0.2, 0.25) is 0 Å². The number of H-pyrrole nitrogens is 1.